The molecular formula is C38H49N5O7S. The van der Waals surface area contributed by atoms with E-state index < -0.39 is 15.9 Å². The SMILES string of the molecule is COc1ccc([C@H]2CC[C@H](CN(c3cc(-c4coc(C5CC5)n4)ccn3)C(=O)[C@H]3CC[C@H](OC(=O)N4CC(CS(C)(=O)=O)C4)CC3)CC2)nc1C. The Morgan fingerprint density at radius 1 is 0.941 bits per heavy atom. The summed E-state index contributed by atoms with van der Waals surface area (Å²) in [5, 5.41) is 0. The van der Waals surface area contributed by atoms with Crippen LogP contribution in [0.1, 0.15) is 93.3 Å². The van der Waals surface area contributed by atoms with Crippen molar-refractivity contribution in [2.24, 2.45) is 17.8 Å². The largest absolute Gasteiger partial charge is 0.495 e. The van der Waals surface area contributed by atoms with Crippen molar-refractivity contribution in [3.8, 4) is 17.0 Å². The molecule has 0 aromatic carbocycles. The van der Waals surface area contributed by atoms with Crippen molar-refractivity contribution in [3.63, 3.8) is 0 Å². The van der Waals surface area contributed by atoms with E-state index in [1.54, 1.807) is 24.5 Å². The molecule has 2 amide bonds. The minimum atomic E-state index is -3.08. The number of nitrogens with zero attached hydrogens (tertiary/aromatic N) is 5. The minimum Gasteiger partial charge on any atom is -0.495 e. The molecular weight excluding hydrogens is 671 g/mol. The van der Waals surface area contributed by atoms with Crippen molar-refractivity contribution in [2.75, 3.05) is 43.7 Å². The van der Waals surface area contributed by atoms with Gasteiger partial charge >= 0.3 is 6.09 Å². The molecule has 0 bridgehead atoms. The Hall–Kier alpha value is -4.00. The van der Waals surface area contributed by atoms with E-state index in [0.717, 1.165) is 72.8 Å². The molecule has 3 aliphatic carbocycles. The summed E-state index contributed by atoms with van der Waals surface area (Å²) >= 11 is 0. The molecule has 4 fully saturated rings. The molecule has 0 atom stereocenters. The zero-order valence-corrected chi connectivity index (χ0v) is 30.6. The second-order valence-electron chi connectivity index (χ2n) is 15.2. The van der Waals surface area contributed by atoms with Crippen LogP contribution in [0.25, 0.3) is 11.3 Å². The first kappa shape index (κ1) is 35.4. The maximum Gasteiger partial charge on any atom is 0.410 e. The quantitative estimate of drug-likeness (QED) is 0.221. The highest BCUT2D eigenvalue weighted by molar-refractivity contribution is 7.90. The van der Waals surface area contributed by atoms with Gasteiger partial charge in [0, 0.05) is 67.0 Å². The molecule has 3 saturated carbocycles. The minimum absolute atomic E-state index is 0.0399. The third-order valence-corrected chi connectivity index (χ3v) is 12.1. The predicted molar refractivity (Wildman–Crippen MR) is 191 cm³/mol. The van der Waals surface area contributed by atoms with Gasteiger partial charge in [-0.05, 0) is 101 Å². The van der Waals surface area contributed by atoms with Crippen LogP contribution in [-0.2, 0) is 19.4 Å². The topological polar surface area (TPSA) is 145 Å². The summed E-state index contributed by atoms with van der Waals surface area (Å²) in [5.74, 6) is 3.20. The zero-order valence-electron chi connectivity index (χ0n) is 29.8. The summed E-state index contributed by atoms with van der Waals surface area (Å²) in [6, 6.07) is 7.95. The van der Waals surface area contributed by atoms with E-state index in [4.69, 9.17) is 28.8 Å². The van der Waals surface area contributed by atoms with E-state index >= 15 is 0 Å². The molecule has 274 valence electrons. The number of rotatable bonds is 11. The lowest BCUT2D eigenvalue weighted by molar-refractivity contribution is -0.124. The van der Waals surface area contributed by atoms with Crippen molar-refractivity contribution in [1.29, 1.82) is 0 Å². The van der Waals surface area contributed by atoms with Crippen LogP contribution in [0.15, 0.2) is 41.1 Å². The average Bonchev–Trinajstić information content (AvgIpc) is 3.84. The molecule has 0 N–H and O–H groups in total. The Morgan fingerprint density at radius 2 is 1.67 bits per heavy atom. The van der Waals surface area contributed by atoms with Crippen LogP contribution in [0.3, 0.4) is 0 Å². The number of carbonyl (C=O) groups excluding carboxylic acids is 2. The Balaban J connectivity index is 1.00. The lowest BCUT2D eigenvalue weighted by Crippen LogP contribution is -2.53. The molecule has 4 heterocycles. The average molecular weight is 720 g/mol. The number of amides is 2. The van der Waals surface area contributed by atoms with Gasteiger partial charge in [0.15, 0.2) is 5.89 Å². The number of hydrogen-bond acceptors (Lipinski definition) is 10. The Morgan fingerprint density at radius 3 is 2.33 bits per heavy atom. The van der Waals surface area contributed by atoms with Crippen LogP contribution < -0.4 is 9.64 Å². The maximum absolute atomic E-state index is 14.4. The number of aryl methyl sites for hydroxylation is 1. The van der Waals surface area contributed by atoms with Gasteiger partial charge in [0.1, 0.15) is 39.5 Å². The summed E-state index contributed by atoms with van der Waals surface area (Å²) in [5.41, 5.74) is 3.63. The molecule has 4 aliphatic rings. The van der Waals surface area contributed by atoms with Gasteiger partial charge in [0.2, 0.25) is 5.91 Å². The van der Waals surface area contributed by atoms with E-state index in [1.165, 1.54) is 6.26 Å². The molecule has 3 aromatic rings. The molecule has 0 radical (unpaired) electrons. The number of likely N-dealkylation sites (tertiary alicyclic amines) is 1. The second-order valence-corrected chi connectivity index (χ2v) is 17.3. The van der Waals surface area contributed by atoms with Gasteiger partial charge in [-0.3, -0.25) is 14.7 Å². The highest BCUT2D eigenvalue weighted by Gasteiger charge is 2.38. The number of anilines is 1. The molecule has 13 heteroatoms. The first-order chi connectivity index (χ1) is 24.5. The summed E-state index contributed by atoms with van der Waals surface area (Å²) in [6.07, 6.45) is 12.6. The lowest BCUT2D eigenvalue weighted by atomic mass is 9.79. The van der Waals surface area contributed by atoms with Crippen LogP contribution in [-0.4, -0.2) is 85.1 Å². The van der Waals surface area contributed by atoms with E-state index in [0.29, 0.717) is 68.9 Å². The molecule has 0 unspecified atom stereocenters. The first-order valence-electron chi connectivity index (χ1n) is 18.4. The number of oxazole rings is 1. The number of pyridine rings is 2. The summed E-state index contributed by atoms with van der Waals surface area (Å²) in [7, 11) is -1.41. The Kier molecular flexibility index (Phi) is 10.4. The van der Waals surface area contributed by atoms with Crippen molar-refractivity contribution in [2.45, 2.75) is 89.1 Å². The van der Waals surface area contributed by atoms with Crippen molar-refractivity contribution >= 4 is 27.7 Å². The third kappa shape index (κ3) is 8.56. The van der Waals surface area contributed by atoms with E-state index in [2.05, 4.69) is 6.07 Å². The van der Waals surface area contributed by atoms with Gasteiger partial charge in [0.25, 0.3) is 0 Å². The molecule has 1 aliphatic heterocycles. The third-order valence-electron chi connectivity index (χ3n) is 11.1. The summed E-state index contributed by atoms with van der Waals surface area (Å²) in [4.78, 5) is 44.9. The molecule has 12 nitrogen and oxygen atoms in total. The van der Waals surface area contributed by atoms with Gasteiger partial charge < -0.3 is 18.8 Å². The van der Waals surface area contributed by atoms with Gasteiger partial charge in [0.05, 0.1) is 18.6 Å². The maximum atomic E-state index is 14.4. The van der Waals surface area contributed by atoms with Gasteiger partial charge in [-0.1, -0.05) is 0 Å². The first-order valence-corrected chi connectivity index (χ1v) is 20.5. The predicted octanol–water partition coefficient (Wildman–Crippen LogP) is 6.30. The number of carbonyl (C=O) groups is 2. The summed E-state index contributed by atoms with van der Waals surface area (Å²) in [6.45, 7) is 3.36. The Bertz CT molecular complexity index is 1820. The molecule has 7 rings (SSSR count). The van der Waals surface area contributed by atoms with Crippen LogP contribution in [0.4, 0.5) is 10.6 Å². The highest BCUT2D eigenvalue weighted by atomic mass is 32.2. The van der Waals surface area contributed by atoms with Crippen molar-refractivity contribution < 1.29 is 31.9 Å². The molecule has 51 heavy (non-hydrogen) atoms. The van der Waals surface area contributed by atoms with Crippen LogP contribution >= 0.6 is 0 Å². The van der Waals surface area contributed by atoms with Crippen molar-refractivity contribution in [1.82, 2.24) is 19.9 Å². The fraction of sp³-hybridized carbons (Fsp3) is 0.605. The molecule has 1 saturated heterocycles. The van der Waals surface area contributed by atoms with Gasteiger partial charge in [-0.2, -0.15) is 0 Å². The van der Waals surface area contributed by atoms with Crippen molar-refractivity contribution in [3.05, 3.63) is 54.0 Å². The summed E-state index contributed by atoms with van der Waals surface area (Å²) < 4.78 is 40.2. The number of aromatic nitrogens is 3. The monoisotopic (exact) mass is 719 g/mol. The fourth-order valence-corrected chi connectivity index (χ4v) is 9.05. The van der Waals surface area contributed by atoms with E-state index in [-0.39, 0.29) is 29.6 Å². The van der Waals surface area contributed by atoms with Crippen LogP contribution in [0, 0.1) is 24.7 Å². The van der Waals surface area contributed by atoms with Gasteiger partial charge in [-0.25, -0.2) is 23.2 Å². The zero-order chi connectivity index (χ0) is 35.7. The molecule has 0 spiro atoms. The van der Waals surface area contributed by atoms with Gasteiger partial charge in [-0.15, -0.1) is 0 Å². The van der Waals surface area contributed by atoms with Crippen LogP contribution in [0.2, 0.25) is 0 Å². The number of hydrogen-bond donors (Lipinski definition) is 0. The van der Waals surface area contributed by atoms with E-state index in [9.17, 15) is 18.0 Å². The second kappa shape index (κ2) is 14.9. The lowest BCUT2D eigenvalue weighted by Gasteiger charge is -2.39. The normalized spacial score (nSPS) is 24.1. The number of sulfone groups is 1. The standard InChI is InChI=1S/C38H49N5O7S/c1-24-34(48-2)15-14-32(40-24)27-6-4-25(5-7-27)21-43(35-18-30(16-17-39-35)33-22-49-36(41-33)28-8-9-28)37(44)29-10-12-31(13-11-29)50-38(45)42-19-26(20-42)23-51(3,46)47/h14-18,22,25-29,31H,4-13,19-21,23H2,1-3H3/t25-,27-,29-,31-. The molecule has 3 aromatic heterocycles. The number of ether oxygens (including phenoxy) is 2. The fourth-order valence-electron chi connectivity index (χ4n) is 7.99. The van der Waals surface area contributed by atoms with E-state index in [1.807, 2.05) is 30.0 Å². The highest BCUT2D eigenvalue weighted by Crippen LogP contribution is 2.41. The Labute approximate surface area is 300 Å². The van der Waals surface area contributed by atoms with Crippen LogP contribution in [0.5, 0.6) is 5.75 Å². The smallest absolute Gasteiger partial charge is 0.410 e. The number of methoxy groups -OCH3 is 1.